The normalized spacial score (nSPS) is 10.7. The lowest BCUT2D eigenvalue weighted by Crippen LogP contribution is -2.20. The Morgan fingerprint density at radius 1 is 1.24 bits per heavy atom. The zero-order valence-electron chi connectivity index (χ0n) is 11.9. The minimum absolute atomic E-state index is 0.125. The summed E-state index contributed by atoms with van der Waals surface area (Å²) in [7, 11) is 1.49. The molecule has 0 aliphatic heterocycles. The maximum Gasteiger partial charge on any atom is 0.253 e. The highest BCUT2D eigenvalue weighted by Crippen LogP contribution is 2.29. The molecule has 0 fully saturated rings. The maximum atomic E-state index is 14.2. The van der Waals surface area contributed by atoms with Crippen molar-refractivity contribution in [2.75, 3.05) is 12.2 Å². The highest BCUT2D eigenvalue weighted by Gasteiger charge is 2.17. The molecule has 6 heteroatoms. The van der Waals surface area contributed by atoms with Crippen LogP contribution in [-0.4, -0.2) is 16.8 Å². The SMILES string of the molecule is CSCOc1cc(F)c(-c2ccc(C)c(=O)n2C)c(F)c1. The molecule has 0 spiro atoms. The molecule has 0 radical (unpaired) electrons. The van der Waals surface area contributed by atoms with E-state index in [9.17, 15) is 13.6 Å². The van der Waals surface area contributed by atoms with Crippen LogP contribution in [0.4, 0.5) is 8.78 Å². The van der Waals surface area contributed by atoms with E-state index in [-0.39, 0.29) is 22.6 Å². The lowest BCUT2D eigenvalue weighted by molar-refractivity contribution is 0.387. The number of pyridine rings is 1. The molecule has 0 unspecified atom stereocenters. The van der Waals surface area contributed by atoms with Gasteiger partial charge in [0.15, 0.2) is 0 Å². The standard InChI is InChI=1S/C15H15F2NO2S/c1-9-4-5-13(18(2)15(9)19)14-11(16)6-10(7-12(14)17)20-8-21-3/h4-7H,8H2,1-3H3. The number of halogens is 2. The van der Waals surface area contributed by atoms with Gasteiger partial charge in [-0.2, -0.15) is 0 Å². The van der Waals surface area contributed by atoms with Crippen LogP contribution >= 0.6 is 11.8 Å². The van der Waals surface area contributed by atoms with Crippen LogP contribution in [0.3, 0.4) is 0 Å². The van der Waals surface area contributed by atoms with Gasteiger partial charge in [-0.15, -0.1) is 11.8 Å². The predicted molar refractivity (Wildman–Crippen MR) is 80.8 cm³/mol. The van der Waals surface area contributed by atoms with E-state index in [0.29, 0.717) is 11.5 Å². The van der Waals surface area contributed by atoms with Gasteiger partial charge in [-0.05, 0) is 19.2 Å². The van der Waals surface area contributed by atoms with Crippen molar-refractivity contribution in [2.45, 2.75) is 6.92 Å². The lowest BCUT2D eigenvalue weighted by Gasteiger charge is -2.12. The fourth-order valence-electron chi connectivity index (χ4n) is 2.02. The van der Waals surface area contributed by atoms with Crippen LogP contribution in [0.25, 0.3) is 11.3 Å². The fourth-order valence-corrected chi connectivity index (χ4v) is 2.27. The fraction of sp³-hybridized carbons (Fsp3) is 0.267. The minimum Gasteiger partial charge on any atom is -0.483 e. The number of thioether (sulfide) groups is 1. The van der Waals surface area contributed by atoms with Crippen molar-refractivity contribution < 1.29 is 13.5 Å². The number of rotatable bonds is 4. The minimum atomic E-state index is -0.759. The predicted octanol–water partition coefficient (Wildman–Crippen LogP) is 3.34. The molecule has 3 nitrogen and oxygen atoms in total. The van der Waals surface area contributed by atoms with E-state index >= 15 is 0 Å². The van der Waals surface area contributed by atoms with E-state index in [1.165, 1.54) is 29.4 Å². The average molecular weight is 311 g/mol. The van der Waals surface area contributed by atoms with E-state index in [1.54, 1.807) is 13.0 Å². The van der Waals surface area contributed by atoms with Gasteiger partial charge in [0.2, 0.25) is 0 Å². The van der Waals surface area contributed by atoms with E-state index in [0.717, 1.165) is 12.1 Å². The van der Waals surface area contributed by atoms with E-state index in [4.69, 9.17) is 4.74 Å². The van der Waals surface area contributed by atoms with Crippen molar-refractivity contribution in [3.05, 3.63) is 51.8 Å². The Labute approximate surface area is 125 Å². The molecule has 0 N–H and O–H groups in total. The lowest BCUT2D eigenvalue weighted by atomic mass is 10.1. The Balaban J connectivity index is 2.55. The Morgan fingerprint density at radius 2 is 1.86 bits per heavy atom. The Kier molecular flexibility index (Phi) is 4.67. The van der Waals surface area contributed by atoms with E-state index in [1.807, 2.05) is 6.26 Å². The number of hydrogen-bond donors (Lipinski definition) is 0. The van der Waals surface area contributed by atoms with E-state index < -0.39 is 11.6 Å². The third kappa shape index (κ3) is 3.10. The summed E-state index contributed by atoms with van der Waals surface area (Å²) in [5, 5.41) is 0. The number of hydrogen-bond acceptors (Lipinski definition) is 3. The Hall–Kier alpha value is -1.82. The molecular weight excluding hydrogens is 296 g/mol. The average Bonchev–Trinajstić information content (AvgIpc) is 2.44. The highest BCUT2D eigenvalue weighted by atomic mass is 32.2. The molecule has 1 heterocycles. The topological polar surface area (TPSA) is 31.2 Å². The van der Waals surface area contributed by atoms with Crippen molar-refractivity contribution in [1.82, 2.24) is 4.57 Å². The van der Waals surface area contributed by atoms with Gasteiger partial charge in [0.1, 0.15) is 23.3 Å². The van der Waals surface area contributed by atoms with Crippen LogP contribution in [0.2, 0.25) is 0 Å². The summed E-state index contributed by atoms with van der Waals surface area (Å²) in [4.78, 5) is 11.9. The zero-order chi connectivity index (χ0) is 15.6. The molecule has 0 saturated heterocycles. The molecule has 0 atom stereocenters. The van der Waals surface area contributed by atoms with Gasteiger partial charge in [-0.25, -0.2) is 8.78 Å². The van der Waals surface area contributed by atoms with Crippen molar-refractivity contribution >= 4 is 11.8 Å². The first kappa shape index (κ1) is 15.6. The van der Waals surface area contributed by atoms with Gasteiger partial charge in [0.25, 0.3) is 5.56 Å². The molecule has 0 aliphatic carbocycles. The smallest absolute Gasteiger partial charge is 0.253 e. The summed E-state index contributed by atoms with van der Waals surface area (Å²) in [6, 6.07) is 5.33. The first-order valence-electron chi connectivity index (χ1n) is 6.23. The van der Waals surface area contributed by atoms with Crippen LogP contribution in [0.1, 0.15) is 5.56 Å². The first-order valence-corrected chi connectivity index (χ1v) is 7.63. The van der Waals surface area contributed by atoms with Crippen molar-refractivity contribution in [3.63, 3.8) is 0 Å². The summed E-state index contributed by atoms with van der Waals surface area (Å²) in [5.41, 5.74) is 0.194. The Bertz CT molecular complexity index is 705. The van der Waals surface area contributed by atoms with Crippen LogP contribution in [-0.2, 0) is 7.05 Å². The summed E-state index contributed by atoms with van der Waals surface area (Å²) >= 11 is 1.40. The quantitative estimate of drug-likeness (QED) is 0.812. The summed E-state index contributed by atoms with van der Waals surface area (Å²) in [6.07, 6.45) is 1.82. The van der Waals surface area contributed by atoms with Crippen LogP contribution in [0.15, 0.2) is 29.1 Å². The molecule has 1 aromatic heterocycles. The number of aryl methyl sites for hydroxylation is 1. The summed E-state index contributed by atoms with van der Waals surface area (Å²) in [6.45, 7) is 1.65. The van der Waals surface area contributed by atoms with Crippen molar-refractivity contribution in [1.29, 1.82) is 0 Å². The number of benzene rings is 1. The van der Waals surface area contributed by atoms with Gasteiger partial charge in [-0.1, -0.05) is 6.07 Å². The summed E-state index contributed by atoms with van der Waals surface area (Å²) < 4.78 is 34.8. The van der Waals surface area contributed by atoms with Crippen molar-refractivity contribution in [2.24, 2.45) is 7.05 Å². The zero-order valence-corrected chi connectivity index (χ0v) is 12.8. The molecule has 0 amide bonds. The first-order chi connectivity index (χ1) is 9.95. The molecular formula is C15H15F2NO2S. The molecule has 21 heavy (non-hydrogen) atoms. The Morgan fingerprint density at radius 3 is 2.43 bits per heavy atom. The summed E-state index contributed by atoms with van der Waals surface area (Å²) in [5.74, 6) is -1.09. The number of ether oxygens (including phenoxy) is 1. The van der Waals surface area contributed by atoms with Crippen LogP contribution in [0, 0.1) is 18.6 Å². The number of nitrogens with zero attached hydrogens (tertiary/aromatic N) is 1. The molecule has 2 rings (SSSR count). The molecule has 2 aromatic rings. The molecule has 0 bridgehead atoms. The van der Waals surface area contributed by atoms with Crippen LogP contribution < -0.4 is 10.3 Å². The third-order valence-electron chi connectivity index (χ3n) is 3.11. The second-order valence-corrected chi connectivity index (χ2v) is 5.39. The van der Waals surface area contributed by atoms with Crippen molar-refractivity contribution in [3.8, 4) is 17.0 Å². The molecule has 112 valence electrons. The molecule has 0 saturated carbocycles. The third-order valence-corrected chi connectivity index (χ3v) is 3.46. The van der Waals surface area contributed by atoms with Gasteiger partial charge < -0.3 is 9.30 Å². The van der Waals surface area contributed by atoms with E-state index in [2.05, 4.69) is 0 Å². The van der Waals surface area contributed by atoms with Gasteiger partial charge in [0, 0.05) is 24.7 Å². The van der Waals surface area contributed by atoms with Gasteiger partial charge in [0.05, 0.1) is 11.3 Å². The van der Waals surface area contributed by atoms with Gasteiger partial charge in [-0.3, -0.25) is 4.79 Å². The number of aromatic nitrogens is 1. The second kappa shape index (κ2) is 6.30. The monoisotopic (exact) mass is 311 g/mol. The largest absolute Gasteiger partial charge is 0.483 e. The van der Waals surface area contributed by atoms with Gasteiger partial charge >= 0.3 is 0 Å². The second-order valence-electron chi connectivity index (χ2n) is 4.58. The maximum absolute atomic E-state index is 14.2. The molecule has 0 aliphatic rings. The highest BCUT2D eigenvalue weighted by molar-refractivity contribution is 7.98. The molecule has 1 aromatic carbocycles. The van der Waals surface area contributed by atoms with Crippen LogP contribution in [0.5, 0.6) is 5.75 Å².